The van der Waals surface area contributed by atoms with E-state index >= 15 is 0 Å². The Kier molecular flexibility index (Phi) is 7.13. The summed E-state index contributed by atoms with van der Waals surface area (Å²) in [6.07, 6.45) is 0.420. The minimum Gasteiger partial charge on any atom is -0.465 e. The predicted molar refractivity (Wildman–Crippen MR) is 121 cm³/mol. The van der Waals surface area contributed by atoms with E-state index in [0.717, 1.165) is 5.56 Å². The lowest BCUT2D eigenvalue weighted by atomic mass is 9.89. The molecular weight excluding hydrogens is 386 g/mol. The molecule has 0 aromatic heterocycles. The number of nitrogens with zero attached hydrogens (tertiary/aromatic N) is 1. The minimum atomic E-state index is -0.803. The van der Waals surface area contributed by atoms with E-state index in [4.69, 9.17) is 4.74 Å². The molecule has 4 heteroatoms. The molecule has 0 radical (unpaired) electrons. The van der Waals surface area contributed by atoms with E-state index in [9.17, 15) is 9.90 Å². The molecule has 3 atom stereocenters. The number of aliphatic hydroxyl groups is 1. The zero-order valence-corrected chi connectivity index (χ0v) is 17.6. The largest absolute Gasteiger partial charge is 0.465 e. The van der Waals surface area contributed by atoms with E-state index < -0.39 is 12.0 Å². The molecule has 1 aliphatic rings. The van der Waals surface area contributed by atoms with Gasteiger partial charge >= 0.3 is 5.97 Å². The van der Waals surface area contributed by atoms with Crippen LogP contribution >= 0.6 is 0 Å². The van der Waals surface area contributed by atoms with Gasteiger partial charge in [0.05, 0.1) is 18.6 Å². The maximum atomic E-state index is 12.3. The number of cyclic esters (lactones) is 1. The van der Waals surface area contributed by atoms with E-state index in [-0.39, 0.29) is 12.0 Å². The highest BCUT2D eigenvalue weighted by Crippen LogP contribution is 2.27. The fourth-order valence-corrected chi connectivity index (χ4v) is 4.34. The van der Waals surface area contributed by atoms with Gasteiger partial charge < -0.3 is 9.84 Å². The first-order chi connectivity index (χ1) is 15.2. The van der Waals surface area contributed by atoms with Crippen LogP contribution in [0.3, 0.4) is 0 Å². The van der Waals surface area contributed by atoms with Gasteiger partial charge in [0.1, 0.15) is 0 Å². The molecule has 0 bridgehead atoms. The van der Waals surface area contributed by atoms with Gasteiger partial charge in [-0.15, -0.1) is 0 Å². The topological polar surface area (TPSA) is 49.8 Å². The van der Waals surface area contributed by atoms with E-state index in [1.54, 1.807) is 0 Å². The molecule has 0 saturated carbocycles. The average molecular weight is 416 g/mol. The van der Waals surface area contributed by atoms with E-state index in [1.807, 2.05) is 54.6 Å². The highest BCUT2D eigenvalue weighted by molar-refractivity contribution is 5.74. The van der Waals surface area contributed by atoms with Crippen molar-refractivity contribution in [1.82, 2.24) is 4.90 Å². The molecule has 0 spiro atoms. The summed E-state index contributed by atoms with van der Waals surface area (Å²) in [5.74, 6) is -0.771. The standard InChI is InChI=1S/C27H29NO3/c29-26(24-16-17-31-27(24)30)25(18-21-10-4-1-5-11-21)28(19-22-12-6-2-7-13-22)20-23-14-8-3-9-15-23/h1-15,24-26,29H,16-20H2/t24-,25-,26+/m0/s1. The Hall–Kier alpha value is -2.95. The van der Waals surface area contributed by atoms with Crippen LogP contribution in [-0.4, -0.2) is 34.7 Å². The summed E-state index contributed by atoms with van der Waals surface area (Å²) in [4.78, 5) is 14.6. The van der Waals surface area contributed by atoms with Crippen molar-refractivity contribution in [2.75, 3.05) is 6.61 Å². The second kappa shape index (κ2) is 10.4. The van der Waals surface area contributed by atoms with E-state index in [0.29, 0.717) is 32.5 Å². The molecule has 1 heterocycles. The summed E-state index contributed by atoms with van der Waals surface area (Å²) in [5.41, 5.74) is 3.50. The normalized spacial score (nSPS) is 18.0. The van der Waals surface area contributed by atoms with Crippen molar-refractivity contribution in [1.29, 1.82) is 0 Å². The summed E-state index contributed by atoms with van der Waals surface area (Å²) in [7, 11) is 0. The Balaban J connectivity index is 1.67. The van der Waals surface area contributed by atoms with Crippen LogP contribution in [0.2, 0.25) is 0 Å². The predicted octanol–water partition coefficient (Wildman–Crippen LogP) is 4.22. The molecule has 4 nitrogen and oxygen atoms in total. The van der Waals surface area contributed by atoms with Crippen LogP contribution in [0, 0.1) is 5.92 Å². The molecule has 1 fully saturated rings. The summed E-state index contributed by atoms with van der Waals surface area (Å²) in [6.45, 7) is 1.76. The maximum Gasteiger partial charge on any atom is 0.311 e. The molecule has 1 N–H and O–H groups in total. The summed E-state index contributed by atoms with van der Waals surface area (Å²) in [6, 6.07) is 30.5. The maximum absolute atomic E-state index is 12.3. The third-order valence-electron chi connectivity index (χ3n) is 6.00. The molecule has 3 aromatic rings. The lowest BCUT2D eigenvalue weighted by molar-refractivity contribution is -0.145. The zero-order chi connectivity index (χ0) is 21.5. The highest BCUT2D eigenvalue weighted by Gasteiger charge is 2.39. The van der Waals surface area contributed by atoms with Crippen LogP contribution in [0.1, 0.15) is 23.1 Å². The second-order valence-electron chi connectivity index (χ2n) is 8.19. The van der Waals surface area contributed by atoms with Gasteiger partial charge in [-0.25, -0.2) is 0 Å². The third kappa shape index (κ3) is 5.60. The van der Waals surface area contributed by atoms with Gasteiger partial charge in [-0.2, -0.15) is 0 Å². The second-order valence-corrected chi connectivity index (χ2v) is 8.19. The van der Waals surface area contributed by atoms with Crippen LogP contribution in [0.5, 0.6) is 0 Å². The first-order valence-electron chi connectivity index (χ1n) is 10.9. The van der Waals surface area contributed by atoms with Gasteiger partial charge in [0, 0.05) is 19.1 Å². The van der Waals surface area contributed by atoms with Gasteiger partial charge in [-0.05, 0) is 29.5 Å². The monoisotopic (exact) mass is 415 g/mol. The molecule has 1 saturated heterocycles. The molecule has 0 amide bonds. The molecule has 0 aliphatic carbocycles. The fourth-order valence-electron chi connectivity index (χ4n) is 4.34. The minimum absolute atomic E-state index is 0.224. The van der Waals surface area contributed by atoms with Gasteiger partial charge in [0.2, 0.25) is 0 Å². The fraction of sp³-hybridized carbons (Fsp3) is 0.296. The lowest BCUT2D eigenvalue weighted by Gasteiger charge is -2.37. The van der Waals surface area contributed by atoms with Crippen molar-refractivity contribution in [2.24, 2.45) is 5.92 Å². The Morgan fingerprint density at radius 1 is 0.806 bits per heavy atom. The van der Waals surface area contributed by atoms with Crippen molar-refractivity contribution >= 4 is 5.97 Å². The molecular formula is C27H29NO3. The molecule has 1 aliphatic heterocycles. The average Bonchev–Trinajstić information content (AvgIpc) is 3.24. The highest BCUT2D eigenvalue weighted by atomic mass is 16.5. The smallest absolute Gasteiger partial charge is 0.311 e. The first-order valence-corrected chi connectivity index (χ1v) is 10.9. The van der Waals surface area contributed by atoms with Crippen molar-refractivity contribution < 1.29 is 14.6 Å². The van der Waals surface area contributed by atoms with Crippen LogP contribution < -0.4 is 0 Å². The van der Waals surface area contributed by atoms with Crippen molar-refractivity contribution in [3.8, 4) is 0 Å². The summed E-state index contributed by atoms with van der Waals surface area (Å²) >= 11 is 0. The van der Waals surface area contributed by atoms with Crippen LogP contribution in [-0.2, 0) is 29.0 Å². The molecule has 4 rings (SSSR count). The zero-order valence-electron chi connectivity index (χ0n) is 17.6. The molecule has 3 aromatic carbocycles. The van der Waals surface area contributed by atoms with Gasteiger partial charge in [-0.3, -0.25) is 9.69 Å². The van der Waals surface area contributed by atoms with Crippen LogP contribution in [0.15, 0.2) is 91.0 Å². The van der Waals surface area contributed by atoms with Gasteiger partial charge in [-0.1, -0.05) is 91.0 Å². The number of ether oxygens (including phenoxy) is 1. The number of benzene rings is 3. The number of carbonyl (C=O) groups excluding carboxylic acids is 1. The Morgan fingerprint density at radius 3 is 1.74 bits per heavy atom. The van der Waals surface area contributed by atoms with Crippen LogP contribution in [0.25, 0.3) is 0 Å². The van der Waals surface area contributed by atoms with E-state index in [2.05, 4.69) is 41.3 Å². The van der Waals surface area contributed by atoms with Crippen molar-refractivity contribution in [3.05, 3.63) is 108 Å². The van der Waals surface area contributed by atoms with Gasteiger partial charge in [0.15, 0.2) is 0 Å². The number of hydrogen-bond acceptors (Lipinski definition) is 4. The Morgan fingerprint density at radius 2 is 1.29 bits per heavy atom. The van der Waals surface area contributed by atoms with Crippen molar-refractivity contribution in [2.45, 2.75) is 38.1 Å². The SMILES string of the molecule is O=C1OCC[C@H]1[C@@H](O)[C@H](Cc1ccccc1)N(Cc1ccccc1)Cc1ccccc1. The Bertz CT molecular complexity index is 904. The van der Waals surface area contributed by atoms with E-state index in [1.165, 1.54) is 11.1 Å². The number of hydrogen-bond donors (Lipinski definition) is 1. The Labute approximate surface area is 184 Å². The number of esters is 1. The quantitative estimate of drug-likeness (QED) is 0.532. The number of rotatable bonds is 9. The summed E-state index contributed by atoms with van der Waals surface area (Å²) in [5, 5.41) is 11.4. The van der Waals surface area contributed by atoms with Crippen molar-refractivity contribution in [3.63, 3.8) is 0 Å². The third-order valence-corrected chi connectivity index (χ3v) is 6.00. The molecule has 31 heavy (non-hydrogen) atoms. The number of carbonyl (C=O) groups is 1. The van der Waals surface area contributed by atoms with Gasteiger partial charge in [0.25, 0.3) is 0 Å². The summed E-state index contributed by atoms with van der Waals surface area (Å²) < 4.78 is 5.19. The lowest BCUT2D eigenvalue weighted by Crippen LogP contribution is -2.48. The molecule has 0 unspecified atom stereocenters. The molecule has 160 valence electrons. The number of aliphatic hydroxyl groups excluding tert-OH is 1. The first kappa shape index (κ1) is 21.3. The van der Waals surface area contributed by atoms with Crippen LogP contribution in [0.4, 0.5) is 0 Å².